The smallest absolute Gasteiger partial charge is 0.433 e. The van der Waals surface area contributed by atoms with Crippen LogP contribution in [0.25, 0.3) is 0 Å². The fourth-order valence-corrected chi connectivity index (χ4v) is 3.18. The van der Waals surface area contributed by atoms with Crippen molar-refractivity contribution < 1.29 is 27.5 Å². The Kier molecular flexibility index (Phi) is 9.15. The lowest BCUT2D eigenvalue weighted by Gasteiger charge is -2.28. The highest BCUT2D eigenvalue weighted by Crippen LogP contribution is 2.37. The van der Waals surface area contributed by atoms with Crippen molar-refractivity contribution in [1.29, 1.82) is 0 Å². The Morgan fingerprint density at radius 3 is 2.50 bits per heavy atom. The van der Waals surface area contributed by atoms with Crippen LogP contribution >= 0.6 is 0 Å². The summed E-state index contributed by atoms with van der Waals surface area (Å²) in [7, 11) is 1.09. The average molecular weight is 477 g/mol. The van der Waals surface area contributed by atoms with E-state index in [1.807, 2.05) is 6.07 Å². The van der Waals surface area contributed by atoms with Crippen LogP contribution in [0.15, 0.2) is 47.8 Å². The Morgan fingerprint density at radius 1 is 1.21 bits per heavy atom. The van der Waals surface area contributed by atoms with E-state index in [1.54, 1.807) is 24.5 Å². The van der Waals surface area contributed by atoms with Gasteiger partial charge < -0.3 is 26.1 Å². The first-order valence-corrected chi connectivity index (χ1v) is 10.3. The van der Waals surface area contributed by atoms with Gasteiger partial charge in [0, 0.05) is 19.2 Å². The molecule has 0 radical (unpaired) electrons. The number of hydrogen-bond acceptors (Lipinski definition) is 6. The molecule has 0 fully saturated rings. The average Bonchev–Trinajstić information content (AvgIpc) is 2.79. The summed E-state index contributed by atoms with van der Waals surface area (Å²) >= 11 is 0. The monoisotopic (exact) mass is 477 g/mol. The summed E-state index contributed by atoms with van der Waals surface area (Å²) in [6.45, 7) is 2.26. The lowest BCUT2D eigenvalue weighted by Crippen LogP contribution is -2.40. The molecule has 0 heterocycles. The quantitative estimate of drug-likeness (QED) is 0.170. The molecule has 2 aromatic carbocycles. The van der Waals surface area contributed by atoms with E-state index in [4.69, 9.17) is 16.3 Å². The highest BCUT2D eigenvalue weighted by atomic mass is 19.4. The van der Waals surface area contributed by atoms with Gasteiger partial charge in [0.2, 0.25) is 0 Å². The van der Waals surface area contributed by atoms with Crippen LogP contribution in [0.4, 0.5) is 18.9 Å². The zero-order chi connectivity index (χ0) is 25.3. The fourth-order valence-electron chi connectivity index (χ4n) is 3.18. The Bertz CT molecular complexity index is 1030. The second kappa shape index (κ2) is 11.8. The molecular formula is C23H26F3N5O3. The highest BCUT2D eigenvalue weighted by Gasteiger charge is 2.42. The Hall–Kier alpha value is -3.91. The summed E-state index contributed by atoms with van der Waals surface area (Å²) in [6, 6.07) is 15.0. The number of anilines is 1. The van der Waals surface area contributed by atoms with Crippen molar-refractivity contribution in [3.05, 3.63) is 71.1 Å². The van der Waals surface area contributed by atoms with Crippen LogP contribution in [0, 0.1) is 12.1 Å². The summed E-state index contributed by atoms with van der Waals surface area (Å²) in [4.78, 5) is 24.6. The van der Waals surface area contributed by atoms with Gasteiger partial charge in [0.25, 0.3) is 11.8 Å². The molecule has 0 spiro atoms. The predicted octanol–water partition coefficient (Wildman–Crippen LogP) is 2.21. The summed E-state index contributed by atoms with van der Waals surface area (Å²) < 4.78 is 47.4. The van der Waals surface area contributed by atoms with Crippen molar-refractivity contribution in [2.75, 3.05) is 25.1 Å². The molecule has 0 aliphatic heterocycles. The van der Waals surface area contributed by atoms with Gasteiger partial charge in [-0.1, -0.05) is 18.2 Å². The number of halogens is 3. The van der Waals surface area contributed by atoms with E-state index in [9.17, 15) is 22.8 Å². The molecule has 0 aliphatic carbocycles. The van der Waals surface area contributed by atoms with Crippen molar-refractivity contribution in [3.8, 4) is 5.75 Å². The molecule has 8 nitrogen and oxygen atoms in total. The second-order valence-electron chi connectivity index (χ2n) is 7.12. The number of alkyl halides is 3. The van der Waals surface area contributed by atoms with Crippen molar-refractivity contribution in [2.24, 2.45) is 11.6 Å². The number of rotatable bonds is 11. The first kappa shape index (κ1) is 26.3. The molecule has 34 heavy (non-hydrogen) atoms. The summed E-state index contributed by atoms with van der Waals surface area (Å²) in [5, 5.41) is 2.62. The molecule has 11 heteroatoms. The lowest BCUT2D eigenvalue weighted by atomic mass is 10.1. The number of nitrogens with two attached hydrogens (primary N) is 2. The lowest BCUT2D eigenvalue weighted by molar-refractivity contribution is -0.117. The first-order valence-electron chi connectivity index (χ1n) is 10.3. The number of nitrogens with zero attached hydrogens (tertiary/aromatic N) is 1. The van der Waals surface area contributed by atoms with Gasteiger partial charge in [0.15, 0.2) is 5.70 Å². The molecule has 0 bridgehead atoms. The van der Waals surface area contributed by atoms with E-state index in [0.29, 0.717) is 24.3 Å². The Balaban J connectivity index is 2.42. The van der Waals surface area contributed by atoms with E-state index in [1.165, 1.54) is 18.2 Å². The largest absolute Gasteiger partial charge is 0.491 e. The molecule has 0 unspecified atom stereocenters. The van der Waals surface area contributed by atoms with E-state index in [0.717, 1.165) is 12.6 Å². The third-order valence-corrected chi connectivity index (χ3v) is 4.74. The van der Waals surface area contributed by atoms with E-state index in [-0.39, 0.29) is 23.6 Å². The van der Waals surface area contributed by atoms with Gasteiger partial charge in [-0.3, -0.25) is 15.4 Å². The number of amides is 2. The first-order chi connectivity index (χ1) is 16.1. The maximum absolute atomic E-state index is 13.9. The Morgan fingerprint density at radius 2 is 1.94 bits per heavy atom. The number of carbonyl (C=O) groups excluding carboxylic acids is 2. The highest BCUT2D eigenvalue weighted by molar-refractivity contribution is 5.96. The molecular weight excluding hydrogens is 451 g/mol. The maximum atomic E-state index is 13.9. The van der Waals surface area contributed by atoms with Crippen molar-refractivity contribution in [2.45, 2.75) is 25.9 Å². The molecule has 2 rings (SSSR count). The number of benzene rings is 1. The van der Waals surface area contributed by atoms with Crippen LogP contribution in [-0.2, 0) is 11.2 Å². The Labute approximate surface area is 195 Å². The van der Waals surface area contributed by atoms with E-state index < -0.39 is 29.4 Å². The fraction of sp³-hybridized carbons (Fsp3) is 0.304. The standard InChI is InChI=1S/C23H26F3N5O3/c1-3-29-22(33)16-11-12-17(31(2)20(23(24,25)26)19(30-28)21(27)32)18(14-16)34-13-7-10-15-8-5-4-6-9-15/h5,8-9,11-12,14,30H,3,7,10,13,28H2,1-2H3,(H2,27,32)(H,29,33)/b20-19-. The molecule has 0 saturated heterocycles. The number of aryl methyl sites for hydroxylation is 1. The summed E-state index contributed by atoms with van der Waals surface area (Å²) in [5.74, 6) is 3.37. The SMILES string of the molecule is CCNC(=O)c1ccc(N(C)/C(=C(\NN)C(N)=O)C(F)(F)F)c(OCCCc2cc#ccc2)c1. The van der Waals surface area contributed by atoms with E-state index in [2.05, 4.69) is 17.4 Å². The number of nitrogens with one attached hydrogen (secondary N) is 2. The molecule has 0 atom stereocenters. The van der Waals surface area contributed by atoms with Gasteiger partial charge in [-0.2, -0.15) is 13.2 Å². The van der Waals surface area contributed by atoms with Gasteiger partial charge in [0.1, 0.15) is 11.4 Å². The van der Waals surface area contributed by atoms with Gasteiger partial charge in [0.05, 0.1) is 12.3 Å². The number of ether oxygens (including phenoxy) is 1. The van der Waals surface area contributed by atoms with Crippen LogP contribution < -0.4 is 32.0 Å². The molecule has 2 amide bonds. The second-order valence-corrected chi connectivity index (χ2v) is 7.12. The number of primary amides is 1. The minimum Gasteiger partial charge on any atom is -0.491 e. The minimum atomic E-state index is -4.98. The van der Waals surface area contributed by atoms with Crippen molar-refractivity contribution in [3.63, 3.8) is 0 Å². The summed E-state index contributed by atoms with van der Waals surface area (Å²) in [6.07, 6.45) is -3.80. The van der Waals surface area contributed by atoms with E-state index >= 15 is 0 Å². The maximum Gasteiger partial charge on any atom is 0.433 e. The molecule has 2 aromatic rings. The predicted molar refractivity (Wildman–Crippen MR) is 120 cm³/mol. The number of hydrazine groups is 1. The number of allylic oxidation sites excluding steroid dienone is 1. The van der Waals surface area contributed by atoms with Crippen LogP contribution in [0.5, 0.6) is 5.75 Å². The molecule has 0 aromatic heterocycles. The van der Waals surface area contributed by atoms with Gasteiger partial charge in [-0.05, 0) is 55.7 Å². The zero-order valence-corrected chi connectivity index (χ0v) is 18.8. The van der Waals surface area contributed by atoms with Crippen molar-refractivity contribution in [1.82, 2.24) is 10.7 Å². The molecule has 182 valence electrons. The van der Waals surface area contributed by atoms with Crippen LogP contribution in [0.3, 0.4) is 0 Å². The number of carbonyl (C=O) groups is 2. The molecule has 0 aliphatic rings. The topological polar surface area (TPSA) is 123 Å². The van der Waals surface area contributed by atoms with Crippen LogP contribution in [0.2, 0.25) is 0 Å². The van der Waals surface area contributed by atoms with Gasteiger partial charge in [-0.15, -0.1) is 0 Å². The third kappa shape index (κ3) is 6.79. The normalized spacial score (nSPS) is 11.7. The third-order valence-electron chi connectivity index (χ3n) is 4.74. The van der Waals surface area contributed by atoms with Crippen LogP contribution in [-0.4, -0.2) is 38.2 Å². The zero-order valence-electron chi connectivity index (χ0n) is 18.8. The minimum absolute atomic E-state index is 0.0156. The van der Waals surface area contributed by atoms with Gasteiger partial charge >= 0.3 is 6.18 Å². The van der Waals surface area contributed by atoms with Crippen LogP contribution in [0.1, 0.15) is 29.3 Å². The summed E-state index contributed by atoms with van der Waals surface area (Å²) in [5.41, 5.74) is 5.55. The molecule has 0 saturated carbocycles. The van der Waals surface area contributed by atoms with Crippen molar-refractivity contribution >= 4 is 17.5 Å². The molecule has 6 N–H and O–H groups in total. The van der Waals surface area contributed by atoms with Gasteiger partial charge in [-0.25, -0.2) is 0 Å². The number of hydrogen-bond donors (Lipinski definition) is 4.